The quantitative estimate of drug-likeness (QED) is 0.322. The monoisotopic (exact) mass is 530 g/mol. The van der Waals surface area contributed by atoms with Crippen molar-refractivity contribution in [3.63, 3.8) is 0 Å². The summed E-state index contributed by atoms with van der Waals surface area (Å²) < 4.78 is 33.1. The van der Waals surface area contributed by atoms with Crippen LogP contribution in [0.2, 0.25) is 10.0 Å². The van der Waals surface area contributed by atoms with Crippen LogP contribution < -0.4 is 5.32 Å². The van der Waals surface area contributed by atoms with Crippen LogP contribution in [0.5, 0.6) is 0 Å². The molecule has 4 aromatic rings. The minimum atomic E-state index is -3.75. The van der Waals surface area contributed by atoms with Gasteiger partial charge in [-0.1, -0.05) is 65.6 Å². The van der Waals surface area contributed by atoms with Crippen LogP contribution in [0, 0.1) is 0 Å². The van der Waals surface area contributed by atoms with Crippen LogP contribution in [-0.4, -0.2) is 35.4 Å². The molecule has 11 heteroatoms. The Morgan fingerprint density at radius 1 is 0.971 bits per heavy atom. The fraction of sp³-hybridized carbons (Fsp3) is 0.125. The number of halogens is 2. The maximum absolute atomic E-state index is 13.1. The van der Waals surface area contributed by atoms with Gasteiger partial charge in [0.15, 0.2) is 0 Å². The highest BCUT2D eigenvalue weighted by Gasteiger charge is 2.24. The molecule has 0 fully saturated rings. The van der Waals surface area contributed by atoms with Crippen molar-refractivity contribution in [2.45, 2.75) is 18.4 Å². The van der Waals surface area contributed by atoms with Crippen molar-refractivity contribution in [2.75, 3.05) is 11.9 Å². The number of nitrogens with zero attached hydrogens (tertiary/aromatic N) is 3. The van der Waals surface area contributed by atoms with E-state index in [1.54, 1.807) is 25.1 Å². The van der Waals surface area contributed by atoms with Crippen LogP contribution in [0.1, 0.15) is 22.8 Å². The summed E-state index contributed by atoms with van der Waals surface area (Å²) in [5, 5.41) is 11.0. The fourth-order valence-electron chi connectivity index (χ4n) is 3.32. The standard InChI is InChI=1S/C24H20Cl2N4O4S/c1-2-30(15-16-6-4-3-5-7-16)35(32,33)21-10-8-17(9-11-21)22(31)27-24-29-28-23(34-24)18-12-19(25)14-20(26)13-18/h3-14H,2,15H2,1H3,(H,27,29,31). The third kappa shape index (κ3) is 5.88. The number of amides is 1. The van der Waals surface area contributed by atoms with Crippen molar-refractivity contribution in [3.8, 4) is 11.5 Å². The van der Waals surface area contributed by atoms with Crippen LogP contribution >= 0.6 is 23.2 Å². The Morgan fingerprint density at radius 3 is 2.26 bits per heavy atom. The van der Waals surface area contributed by atoms with E-state index in [2.05, 4.69) is 15.5 Å². The lowest BCUT2D eigenvalue weighted by Crippen LogP contribution is -2.30. The lowest BCUT2D eigenvalue weighted by Gasteiger charge is -2.20. The molecule has 1 amide bonds. The van der Waals surface area contributed by atoms with Gasteiger partial charge in [-0.05, 0) is 48.0 Å². The highest BCUT2D eigenvalue weighted by atomic mass is 35.5. The first-order valence-corrected chi connectivity index (χ1v) is 12.7. The molecule has 0 aliphatic rings. The number of nitrogens with one attached hydrogen (secondary N) is 1. The average Bonchev–Trinajstić information content (AvgIpc) is 3.31. The Kier molecular flexibility index (Phi) is 7.51. The SMILES string of the molecule is CCN(Cc1ccccc1)S(=O)(=O)c1ccc(C(=O)Nc2nnc(-c3cc(Cl)cc(Cl)c3)o2)cc1. The summed E-state index contributed by atoms with van der Waals surface area (Å²) in [5.41, 5.74) is 1.61. The molecule has 0 spiro atoms. The van der Waals surface area contributed by atoms with Crippen molar-refractivity contribution in [2.24, 2.45) is 0 Å². The summed E-state index contributed by atoms with van der Waals surface area (Å²) in [5.74, 6) is -0.408. The number of anilines is 1. The van der Waals surface area contributed by atoms with E-state index in [0.29, 0.717) is 22.2 Å². The summed E-state index contributed by atoms with van der Waals surface area (Å²) in [7, 11) is -3.75. The number of hydrogen-bond acceptors (Lipinski definition) is 6. The Morgan fingerprint density at radius 2 is 1.63 bits per heavy atom. The summed E-state index contributed by atoms with van der Waals surface area (Å²) in [4.78, 5) is 12.7. The second-order valence-corrected chi connectivity index (χ2v) is 10.3. The fourth-order valence-corrected chi connectivity index (χ4v) is 5.28. The Balaban J connectivity index is 1.46. The molecule has 180 valence electrons. The highest BCUT2D eigenvalue weighted by molar-refractivity contribution is 7.89. The second-order valence-electron chi connectivity index (χ2n) is 7.47. The molecule has 0 aliphatic carbocycles. The molecular formula is C24H20Cl2N4O4S. The van der Waals surface area contributed by atoms with Crippen LogP contribution in [0.3, 0.4) is 0 Å². The zero-order valence-electron chi connectivity index (χ0n) is 18.5. The van der Waals surface area contributed by atoms with Crippen LogP contribution in [0.25, 0.3) is 11.5 Å². The van der Waals surface area contributed by atoms with E-state index >= 15 is 0 Å². The van der Waals surface area contributed by atoms with Crippen LogP contribution in [0.4, 0.5) is 6.01 Å². The Bertz CT molecular complexity index is 1420. The Labute approximate surface area is 212 Å². The summed E-state index contributed by atoms with van der Waals surface area (Å²) in [6.07, 6.45) is 0. The number of aromatic nitrogens is 2. The van der Waals surface area contributed by atoms with Gasteiger partial charge in [-0.25, -0.2) is 8.42 Å². The first-order valence-electron chi connectivity index (χ1n) is 10.5. The molecule has 4 rings (SSSR count). The van der Waals surface area contributed by atoms with Crippen molar-refractivity contribution in [1.29, 1.82) is 0 Å². The molecule has 1 heterocycles. The highest BCUT2D eigenvalue weighted by Crippen LogP contribution is 2.27. The summed E-state index contributed by atoms with van der Waals surface area (Å²) in [6, 6.07) is 19.6. The number of carbonyl (C=O) groups excluding carboxylic acids is 1. The molecule has 0 unspecified atom stereocenters. The van der Waals surface area contributed by atoms with Crippen LogP contribution in [-0.2, 0) is 16.6 Å². The van der Waals surface area contributed by atoms with Crippen molar-refractivity contribution in [1.82, 2.24) is 14.5 Å². The van der Waals surface area contributed by atoms with Gasteiger partial charge in [0, 0.05) is 34.3 Å². The molecule has 3 aromatic carbocycles. The van der Waals surface area contributed by atoms with E-state index in [-0.39, 0.29) is 28.9 Å². The molecule has 0 atom stereocenters. The third-order valence-corrected chi connectivity index (χ3v) is 7.44. The second kappa shape index (κ2) is 10.6. The van der Waals surface area contributed by atoms with Gasteiger partial charge in [0.2, 0.25) is 15.9 Å². The molecule has 0 saturated carbocycles. The van der Waals surface area contributed by atoms with Gasteiger partial charge >= 0.3 is 6.01 Å². The minimum absolute atomic E-state index is 0.0877. The minimum Gasteiger partial charge on any atom is -0.403 e. The molecule has 0 bridgehead atoms. The number of sulfonamides is 1. The van der Waals surface area contributed by atoms with E-state index in [9.17, 15) is 13.2 Å². The predicted molar refractivity (Wildman–Crippen MR) is 134 cm³/mol. The lowest BCUT2D eigenvalue weighted by atomic mass is 10.2. The van der Waals surface area contributed by atoms with Gasteiger partial charge in [0.25, 0.3) is 5.91 Å². The molecule has 0 saturated heterocycles. The van der Waals surface area contributed by atoms with Gasteiger partial charge in [0.1, 0.15) is 0 Å². The number of carbonyl (C=O) groups is 1. The zero-order valence-corrected chi connectivity index (χ0v) is 20.8. The van der Waals surface area contributed by atoms with E-state index in [4.69, 9.17) is 27.6 Å². The molecule has 1 N–H and O–H groups in total. The predicted octanol–water partition coefficient (Wildman–Crippen LogP) is 5.51. The third-order valence-electron chi connectivity index (χ3n) is 5.06. The van der Waals surface area contributed by atoms with E-state index in [1.807, 2.05) is 30.3 Å². The van der Waals surface area contributed by atoms with Gasteiger partial charge in [-0.3, -0.25) is 10.1 Å². The van der Waals surface area contributed by atoms with Crippen LogP contribution in [0.15, 0.2) is 82.1 Å². The Hall–Kier alpha value is -3.24. The van der Waals surface area contributed by atoms with Crippen molar-refractivity contribution >= 4 is 45.1 Å². The molecule has 8 nitrogen and oxygen atoms in total. The van der Waals surface area contributed by atoms with Gasteiger partial charge in [-0.2, -0.15) is 4.31 Å². The number of rotatable bonds is 8. The smallest absolute Gasteiger partial charge is 0.322 e. The van der Waals surface area contributed by atoms with Gasteiger partial charge in [0.05, 0.1) is 4.90 Å². The maximum Gasteiger partial charge on any atom is 0.322 e. The molecule has 0 radical (unpaired) electrons. The maximum atomic E-state index is 13.1. The summed E-state index contributed by atoms with van der Waals surface area (Å²) >= 11 is 12.0. The van der Waals surface area contributed by atoms with Gasteiger partial charge in [-0.15, -0.1) is 5.10 Å². The van der Waals surface area contributed by atoms with E-state index in [0.717, 1.165) is 5.56 Å². The van der Waals surface area contributed by atoms with E-state index in [1.165, 1.54) is 28.6 Å². The van der Waals surface area contributed by atoms with Crippen molar-refractivity contribution < 1.29 is 17.6 Å². The number of benzene rings is 3. The topological polar surface area (TPSA) is 105 Å². The first kappa shape index (κ1) is 24.9. The number of hydrogen-bond donors (Lipinski definition) is 1. The van der Waals surface area contributed by atoms with Crippen molar-refractivity contribution in [3.05, 3.63) is 94.0 Å². The molecule has 35 heavy (non-hydrogen) atoms. The summed E-state index contributed by atoms with van der Waals surface area (Å²) in [6.45, 7) is 2.33. The van der Waals surface area contributed by atoms with Gasteiger partial charge < -0.3 is 4.42 Å². The lowest BCUT2D eigenvalue weighted by molar-refractivity contribution is 0.102. The average molecular weight is 531 g/mol. The largest absolute Gasteiger partial charge is 0.403 e. The first-order chi connectivity index (χ1) is 16.8. The normalized spacial score (nSPS) is 11.5. The van der Waals surface area contributed by atoms with E-state index < -0.39 is 15.9 Å². The molecule has 0 aliphatic heterocycles. The molecule has 1 aromatic heterocycles. The molecular weight excluding hydrogens is 511 g/mol. The zero-order chi connectivity index (χ0) is 25.0.